The summed E-state index contributed by atoms with van der Waals surface area (Å²) in [6.45, 7) is 0. The van der Waals surface area contributed by atoms with E-state index < -0.39 is 31.3 Å². The van der Waals surface area contributed by atoms with E-state index in [2.05, 4.69) is 25.7 Å². The first-order chi connectivity index (χ1) is 16.4. The quantitative estimate of drug-likeness (QED) is 0.220. The van der Waals surface area contributed by atoms with Gasteiger partial charge in [0.15, 0.2) is 0 Å². The smallest absolute Gasteiger partial charge is 0.279 e. The van der Waals surface area contributed by atoms with Crippen LogP contribution < -0.4 is 0 Å². The van der Waals surface area contributed by atoms with E-state index in [1.165, 1.54) is 64.2 Å². The zero-order valence-electron chi connectivity index (χ0n) is 19.5. The van der Waals surface area contributed by atoms with Crippen LogP contribution in [0.25, 0.3) is 0 Å². The van der Waals surface area contributed by atoms with E-state index in [0.717, 1.165) is 0 Å². The predicted molar refractivity (Wildman–Crippen MR) is 118 cm³/mol. The van der Waals surface area contributed by atoms with Crippen molar-refractivity contribution in [2.75, 3.05) is 0 Å². The maximum Gasteiger partial charge on any atom is 2.00 e. The van der Waals surface area contributed by atoms with Gasteiger partial charge in [-0.2, -0.15) is 43.2 Å². The van der Waals surface area contributed by atoms with Gasteiger partial charge in [-0.05, 0) is 99.7 Å². The molecule has 0 bridgehead atoms. The second-order valence-corrected chi connectivity index (χ2v) is 11.3. The Kier molecular flexibility index (Phi) is 13.6. The molecule has 10 radical (unpaired) electrons. The van der Waals surface area contributed by atoms with Gasteiger partial charge in [-0.15, -0.1) is 0 Å². The Bertz CT molecular complexity index is 836. The van der Waals surface area contributed by atoms with E-state index in [1.807, 2.05) is 0 Å². The summed E-state index contributed by atoms with van der Waals surface area (Å²) in [5.74, 6) is 10.00. The third kappa shape index (κ3) is 10.6. The van der Waals surface area contributed by atoms with E-state index in [4.69, 9.17) is 25.9 Å². The molecule has 0 aliphatic heterocycles. The molecule has 2 N–H and O–H groups in total. The van der Waals surface area contributed by atoms with Crippen LogP contribution in [0.4, 0.5) is 26.3 Å². The zero-order valence-corrected chi connectivity index (χ0v) is 23.6. The van der Waals surface area contributed by atoms with Crippen molar-refractivity contribution < 1.29 is 78.5 Å². The number of rotatable bonds is 3. The second-order valence-electron chi connectivity index (χ2n) is 8.48. The number of fused-ring (bicyclic) bond motifs is 2. The maximum atomic E-state index is 10.7. The van der Waals surface area contributed by atoms with E-state index >= 15 is 0 Å². The van der Waals surface area contributed by atoms with Crippen molar-refractivity contribution in [1.82, 2.24) is 0 Å². The molecule has 4 aliphatic rings. The Hall–Kier alpha value is 0.283. The van der Waals surface area contributed by atoms with Gasteiger partial charge in [0, 0.05) is 0 Å². The topological polar surface area (TPSA) is 109 Å². The predicted octanol–water partition coefficient (Wildman–Crippen LogP) is 5.99. The van der Waals surface area contributed by atoms with Crippen LogP contribution in [0.2, 0.25) is 0 Å². The van der Waals surface area contributed by atoms with Gasteiger partial charge < -0.3 is 0 Å². The molecule has 0 heterocycles. The molecule has 0 amide bonds. The van der Waals surface area contributed by atoms with Crippen LogP contribution in [0.15, 0.2) is 0 Å². The fraction of sp³-hybridized carbons (Fsp3) is 0.545. The summed E-state index contributed by atoms with van der Waals surface area (Å²) < 4.78 is 115. The summed E-state index contributed by atoms with van der Waals surface area (Å²) in [6.07, 6.45) is 23.0. The van der Waals surface area contributed by atoms with Gasteiger partial charge in [0.2, 0.25) is 0 Å². The van der Waals surface area contributed by atoms with Gasteiger partial charge >= 0.3 is 57.5 Å². The van der Waals surface area contributed by atoms with Crippen molar-refractivity contribution in [2.45, 2.75) is 75.2 Å². The Morgan fingerprint density at radius 2 is 0.865 bits per heavy atom. The summed E-state index contributed by atoms with van der Waals surface area (Å²) >= 11 is 0. The molecule has 4 aliphatic carbocycles. The second kappa shape index (κ2) is 14.3. The average molecular weight is 656 g/mol. The number of alkyl halides is 6. The fourth-order valence-electron chi connectivity index (χ4n) is 4.30. The number of hydrogen-bond acceptors (Lipinski definition) is 4. The summed E-state index contributed by atoms with van der Waals surface area (Å²) in [5.41, 5.74) is -11.1. The summed E-state index contributed by atoms with van der Waals surface area (Å²) in [7, 11) is -11.7. The summed E-state index contributed by atoms with van der Waals surface area (Å²) in [4.78, 5) is 0. The minimum Gasteiger partial charge on any atom is -0.279 e. The van der Waals surface area contributed by atoms with Gasteiger partial charge in [-0.25, -0.2) is 0 Å². The molecule has 4 saturated carbocycles. The zero-order chi connectivity index (χ0) is 27.4. The summed E-state index contributed by atoms with van der Waals surface area (Å²) in [5, 5.41) is 0. The van der Waals surface area contributed by atoms with Crippen LogP contribution >= 0.6 is 0 Å². The van der Waals surface area contributed by atoms with Crippen LogP contribution in [0.5, 0.6) is 0 Å². The summed E-state index contributed by atoms with van der Waals surface area (Å²) in [6, 6.07) is 0. The minimum absolute atomic E-state index is 0. The minimum atomic E-state index is -5.84. The number of hydrogen-bond donors (Lipinski definition) is 2. The monoisotopic (exact) mass is 654 g/mol. The van der Waals surface area contributed by atoms with Gasteiger partial charge in [0.25, 0.3) is 0 Å². The molecule has 4 fully saturated rings. The van der Waals surface area contributed by atoms with Gasteiger partial charge in [-0.1, -0.05) is 25.7 Å². The Morgan fingerprint density at radius 1 is 0.595 bits per heavy atom. The molecule has 0 spiro atoms. The molecule has 4 rings (SSSR count). The van der Waals surface area contributed by atoms with Gasteiger partial charge in [0.1, 0.15) is 0 Å². The standard InChI is InChI=1S/C20H24.2CHF3O3S.Zr/c1-3-7-19-15(5-1)9-11-17(19)13-14-18-12-10-16-6-2-4-8-20(16)18;2*2-1(3,4)8(5,6)7;/h9-12H,1-8,13-14H2;2*(H,5,6,7);/q;;;+2. The van der Waals surface area contributed by atoms with Gasteiger partial charge in [-0.3, -0.25) is 9.11 Å². The molecule has 0 saturated heterocycles. The van der Waals surface area contributed by atoms with Crippen molar-refractivity contribution in [1.29, 1.82) is 0 Å². The first kappa shape index (κ1) is 35.3. The fourth-order valence-corrected chi connectivity index (χ4v) is 4.30. The van der Waals surface area contributed by atoms with Crippen LogP contribution in [0, 0.1) is 61.2 Å². The van der Waals surface area contributed by atoms with Crippen molar-refractivity contribution in [3.63, 3.8) is 0 Å². The van der Waals surface area contributed by atoms with Crippen LogP contribution in [0.1, 0.15) is 64.2 Å². The SMILES string of the molecule is O=S(=O)(O)C(F)(F)F.O=S(=O)(O)C(F)(F)F.[CH]1[CH][C](CC[C]2[CH][CH][C]3CCCC[C]32)[C]2CCCC[C]12.[Zr+2]. The molecule has 0 aromatic rings. The van der Waals surface area contributed by atoms with Crippen molar-refractivity contribution in [3.05, 3.63) is 61.2 Å². The van der Waals surface area contributed by atoms with Crippen molar-refractivity contribution in [2.24, 2.45) is 0 Å². The molecule has 37 heavy (non-hydrogen) atoms. The van der Waals surface area contributed by atoms with Crippen molar-refractivity contribution >= 4 is 20.2 Å². The Balaban J connectivity index is 0.000000340. The Labute approximate surface area is 234 Å². The first-order valence-corrected chi connectivity index (χ1v) is 13.9. The van der Waals surface area contributed by atoms with Crippen LogP contribution in [0.3, 0.4) is 0 Å². The third-order valence-electron chi connectivity index (χ3n) is 6.02. The third-order valence-corrected chi connectivity index (χ3v) is 7.19. The molecule has 0 aromatic carbocycles. The van der Waals surface area contributed by atoms with E-state index in [0.29, 0.717) is 0 Å². The van der Waals surface area contributed by atoms with Crippen LogP contribution in [-0.4, -0.2) is 37.0 Å². The van der Waals surface area contributed by atoms with Crippen molar-refractivity contribution in [3.8, 4) is 0 Å². The normalized spacial score (nSPS) is 23.2. The number of halogens is 6. The molecular formula is C22H26F6O6S2Zr+2. The first-order valence-electron chi connectivity index (χ1n) is 11.0. The average Bonchev–Trinajstić information content (AvgIpc) is 3.34. The molecule has 0 unspecified atom stereocenters. The van der Waals surface area contributed by atoms with E-state index in [1.54, 1.807) is 35.5 Å². The molecule has 15 heteroatoms. The molecule has 0 aromatic heterocycles. The Morgan fingerprint density at radius 3 is 1.14 bits per heavy atom. The molecule has 206 valence electrons. The van der Waals surface area contributed by atoms with E-state index in [-0.39, 0.29) is 26.2 Å². The van der Waals surface area contributed by atoms with Gasteiger partial charge in [0.05, 0.1) is 0 Å². The molecule has 0 atom stereocenters. The van der Waals surface area contributed by atoms with E-state index in [9.17, 15) is 26.3 Å². The van der Waals surface area contributed by atoms with Crippen LogP contribution in [-0.2, 0) is 46.4 Å². The maximum absolute atomic E-state index is 10.7. The largest absolute Gasteiger partial charge is 2.00 e. The molecule has 6 nitrogen and oxygen atoms in total. The molecular weight excluding hydrogens is 630 g/mol.